The summed E-state index contributed by atoms with van der Waals surface area (Å²) in [5.41, 5.74) is 0. The van der Waals surface area contributed by atoms with Gasteiger partial charge in [-0.05, 0) is 19.4 Å². The summed E-state index contributed by atoms with van der Waals surface area (Å²) in [5, 5.41) is 17.2. The molecule has 0 aromatic heterocycles. The molecule has 1 unspecified atom stereocenters. The number of rotatable bonds is 7. The molecule has 96 valence electrons. The molecule has 1 fully saturated rings. The highest BCUT2D eigenvalue weighted by molar-refractivity contribution is 7.89. The van der Waals surface area contributed by atoms with E-state index in [9.17, 15) is 8.42 Å². The van der Waals surface area contributed by atoms with Crippen molar-refractivity contribution in [2.45, 2.75) is 18.9 Å². The van der Waals surface area contributed by atoms with Gasteiger partial charge in [-0.3, -0.25) is 4.90 Å². The first-order chi connectivity index (χ1) is 7.51. The molecule has 1 heterocycles. The van der Waals surface area contributed by atoms with Gasteiger partial charge < -0.3 is 10.4 Å². The molecule has 0 bridgehead atoms. The standard InChI is InChI=1S/C9H21N3O3S/c10-16(14,15)7-5-12(4-6-13)8-9-2-1-3-11-9/h9,11,13H,1-8H2,(H2,10,14,15). The van der Waals surface area contributed by atoms with Crippen molar-refractivity contribution in [2.24, 2.45) is 5.14 Å². The predicted octanol–water partition coefficient (Wildman–Crippen LogP) is -1.68. The maximum absolute atomic E-state index is 10.9. The van der Waals surface area contributed by atoms with Crippen molar-refractivity contribution in [3.63, 3.8) is 0 Å². The average molecular weight is 251 g/mol. The zero-order valence-corrected chi connectivity index (χ0v) is 10.2. The van der Waals surface area contributed by atoms with Gasteiger partial charge in [-0.15, -0.1) is 0 Å². The van der Waals surface area contributed by atoms with E-state index < -0.39 is 10.0 Å². The molecule has 4 N–H and O–H groups in total. The SMILES string of the molecule is NS(=O)(=O)CCN(CCO)CC1CCCN1. The molecule has 1 rings (SSSR count). The largest absolute Gasteiger partial charge is 0.395 e. The molecule has 16 heavy (non-hydrogen) atoms. The molecule has 0 aromatic rings. The molecule has 1 saturated heterocycles. The number of nitrogens with zero attached hydrogens (tertiary/aromatic N) is 1. The van der Waals surface area contributed by atoms with Crippen LogP contribution in [-0.4, -0.2) is 63.0 Å². The predicted molar refractivity (Wildman–Crippen MR) is 62.5 cm³/mol. The van der Waals surface area contributed by atoms with E-state index in [1.807, 2.05) is 4.90 Å². The number of sulfonamides is 1. The number of hydrogen-bond donors (Lipinski definition) is 3. The topological polar surface area (TPSA) is 95.7 Å². The van der Waals surface area contributed by atoms with Crippen LogP contribution < -0.4 is 10.5 Å². The van der Waals surface area contributed by atoms with Gasteiger partial charge in [-0.1, -0.05) is 0 Å². The number of nitrogens with one attached hydrogen (secondary N) is 1. The molecular formula is C9H21N3O3S. The molecule has 1 aliphatic heterocycles. The number of aliphatic hydroxyl groups excluding tert-OH is 1. The first kappa shape index (κ1) is 13.9. The van der Waals surface area contributed by atoms with Crippen molar-refractivity contribution in [1.82, 2.24) is 10.2 Å². The van der Waals surface area contributed by atoms with Crippen molar-refractivity contribution >= 4 is 10.0 Å². The van der Waals surface area contributed by atoms with Crippen molar-refractivity contribution in [2.75, 3.05) is 38.5 Å². The van der Waals surface area contributed by atoms with Crippen LogP contribution in [0.3, 0.4) is 0 Å². The summed E-state index contributed by atoms with van der Waals surface area (Å²) in [5.74, 6) is -0.0558. The van der Waals surface area contributed by atoms with Crippen molar-refractivity contribution in [1.29, 1.82) is 0 Å². The monoisotopic (exact) mass is 251 g/mol. The van der Waals surface area contributed by atoms with E-state index in [1.165, 1.54) is 0 Å². The van der Waals surface area contributed by atoms with Crippen LogP contribution in [0.5, 0.6) is 0 Å². The highest BCUT2D eigenvalue weighted by Gasteiger charge is 2.18. The summed E-state index contributed by atoms with van der Waals surface area (Å²) in [7, 11) is -3.41. The van der Waals surface area contributed by atoms with E-state index in [0.717, 1.165) is 25.9 Å². The smallest absolute Gasteiger partial charge is 0.210 e. The quantitative estimate of drug-likeness (QED) is 0.502. The van der Waals surface area contributed by atoms with Gasteiger partial charge in [-0.2, -0.15) is 0 Å². The second-order valence-electron chi connectivity index (χ2n) is 4.18. The Morgan fingerprint density at radius 1 is 1.44 bits per heavy atom. The minimum atomic E-state index is -3.41. The molecule has 0 spiro atoms. The van der Waals surface area contributed by atoms with Crippen molar-refractivity contribution < 1.29 is 13.5 Å². The van der Waals surface area contributed by atoms with Gasteiger partial charge in [0, 0.05) is 25.7 Å². The zero-order valence-electron chi connectivity index (χ0n) is 9.43. The Hall–Kier alpha value is -0.210. The van der Waals surface area contributed by atoms with Gasteiger partial charge >= 0.3 is 0 Å². The van der Waals surface area contributed by atoms with Crippen molar-refractivity contribution in [3.05, 3.63) is 0 Å². The Morgan fingerprint density at radius 3 is 2.69 bits per heavy atom. The van der Waals surface area contributed by atoms with Crippen molar-refractivity contribution in [3.8, 4) is 0 Å². The molecule has 0 saturated carbocycles. The van der Waals surface area contributed by atoms with E-state index in [4.69, 9.17) is 10.2 Å². The maximum atomic E-state index is 10.9. The van der Waals surface area contributed by atoms with Crippen LogP contribution in [0, 0.1) is 0 Å². The molecule has 1 atom stereocenters. The number of hydrogen-bond acceptors (Lipinski definition) is 5. The third-order valence-electron chi connectivity index (χ3n) is 2.75. The zero-order chi connectivity index (χ0) is 12.0. The van der Waals surface area contributed by atoms with Gasteiger partial charge in [-0.25, -0.2) is 13.6 Å². The fraction of sp³-hybridized carbons (Fsp3) is 1.00. The Balaban J connectivity index is 2.34. The van der Waals surface area contributed by atoms with Gasteiger partial charge in [0.05, 0.1) is 12.4 Å². The maximum Gasteiger partial charge on any atom is 0.210 e. The van der Waals surface area contributed by atoms with Crippen LogP contribution in [0.15, 0.2) is 0 Å². The Bertz CT molecular complexity index is 288. The van der Waals surface area contributed by atoms with Gasteiger partial charge in [0.15, 0.2) is 0 Å². The molecular weight excluding hydrogens is 230 g/mol. The van der Waals surface area contributed by atoms with Crippen LogP contribution in [-0.2, 0) is 10.0 Å². The van der Waals surface area contributed by atoms with E-state index in [-0.39, 0.29) is 12.4 Å². The number of primary sulfonamides is 1. The lowest BCUT2D eigenvalue weighted by molar-refractivity contribution is 0.192. The minimum Gasteiger partial charge on any atom is -0.395 e. The Kier molecular flexibility index (Phi) is 5.63. The summed E-state index contributed by atoms with van der Waals surface area (Å²) in [6.07, 6.45) is 2.27. The summed E-state index contributed by atoms with van der Waals surface area (Å²) in [6.45, 7) is 2.71. The fourth-order valence-electron chi connectivity index (χ4n) is 1.92. The lowest BCUT2D eigenvalue weighted by atomic mass is 10.2. The van der Waals surface area contributed by atoms with E-state index >= 15 is 0 Å². The summed E-state index contributed by atoms with van der Waals surface area (Å²) >= 11 is 0. The second-order valence-corrected chi connectivity index (χ2v) is 5.92. The summed E-state index contributed by atoms with van der Waals surface area (Å²) in [6, 6.07) is 0.409. The van der Waals surface area contributed by atoms with E-state index in [2.05, 4.69) is 5.32 Å². The first-order valence-corrected chi connectivity index (χ1v) is 7.30. The summed E-state index contributed by atoms with van der Waals surface area (Å²) < 4.78 is 21.7. The lowest BCUT2D eigenvalue weighted by Gasteiger charge is -2.24. The Labute approximate surface area is 96.9 Å². The van der Waals surface area contributed by atoms with Crippen LogP contribution in [0.2, 0.25) is 0 Å². The lowest BCUT2D eigenvalue weighted by Crippen LogP contribution is -2.41. The third kappa shape index (κ3) is 5.76. The fourth-order valence-corrected chi connectivity index (χ4v) is 2.43. The molecule has 6 nitrogen and oxygen atoms in total. The highest BCUT2D eigenvalue weighted by Crippen LogP contribution is 2.06. The van der Waals surface area contributed by atoms with E-state index in [0.29, 0.717) is 19.1 Å². The number of aliphatic hydroxyl groups is 1. The molecule has 7 heteroatoms. The van der Waals surface area contributed by atoms with Gasteiger partial charge in [0.25, 0.3) is 0 Å². The third-order valence-corrected chi connectivity index (χ3v) is 3.50. The second kappa shape index (κ2) is 6.51. The molecule has 0 amide bonds. The van der Waals surface area contributed by atoms with Crippen LogP contribution in [0.4, 0.5) is 0 Å². The molecule has 0 aromatic carbocycles. The Morgan fingerprint density at radius 2 is 2.19 bits per heavy atom. The number of nitrogens with two attached hydrogens (primary N) is 1. The molecule has 0 aliphatic carbocycles. The normalized spacial score (nSPS) is 21.8. The highest BCUT2D eigenvalue weighted by atomic mass is 32.2. The van der Waals surface area contributed by atoms with Crippen LogP contribution >= 0.6 is 0 Å². The van der Waals surface area contributed by atoms with Crippen LogP contribution in [0.25, 0.3) is 0 Å². The first-order valence-electron chi connectivity index (χ1n) is 5.58. The van der Waals surface area contributed by atoms with Gasteiger partial charge in [0.1, 0.15) is 0 Å². The van der Waals surface area contributed by atoms with E-state index in [1.54, 1.807) is 0 Å². The van der Waals surface area contributed by atoms with Gasteiger partial charge in [0.2, 0.25) is 10.0 Å². The summed E-state index contributed by atoms with van der Waals surface area (Å²) in [4.78, 5) is 1.94. The average Bonchev–Trinajstić information content (AvgIpc) is 2.66. The molecule has 1 aliphatic rings. The minimum absolute atomic E-state index is 0.0390. The molecule has 0 radical (unpaired) electrons. The van der Waals surface area contributed by atoms with Crippen LogP contribution in [0.1, 0.15) is 12.8 Å².